The Morgan fingerprint density at radius 2 is 1.92 bits per heavy atom. The van der Waals surface area contributed by atoms with Crippen LogP contribution in [0.5, 0.6) is 5.75 Å². The number of aliphatic hydroxyl groups excluding tert-OH is 1. The lowest BCUT2D eigenvalue weighted by Gasteiger charge is -2.22. The van der Waals surface area contributed by atoms with Crippen LogP contribution in [-0.4, -0.2) is 64.6 Å². The fraction of sp³-hybridized carbons (Fsp3) is 0.320. The first kappa shape index (κ1) is 26.7. The molecule has 3 aromatic rings. The summed E-state index contributed by atoms with van der Waals surface area (Å²) < 4.78 is 5.78. The number of nitrogens with zero attached hydrogens (tertiary/aromatic N) is 5. The van der Waals surface area contributed by atoms with Crippen LogP contribution in [0.25, 0.3) is 17.1 Å². The zero-order valence-electron chi connectivity index (χ0n) is 20.7. The largest absolute Gasteiger partial charge is 0.491 e. The zero-order valence-corrected chi connectivity index (χ0v) is 22.2. The van der Waals surface area contributed by atoms with E-state index in [1.165, 1.54) is 0 Å². The monoisotopic (exact) mass is 542 g/mol. The molecular formula is C25H28Cl2N8O2. The van der Waals surface area contributed by atoms with E-state index in [0.717, 1.165) is 23.2 Å². The molecule has 0 aliphatic carbocycles. The minimum Gasteiger partial charge on any atom is -0.491 e. The molecule has 0 amide bonds. The maximum Gasteiger partial charge on any atom is 0.163 e. The maximum absolute atomic E-state index is 10.0. The van der Waals surface area contributed by atoms with Gasteiger partial charge in [0.1, 0.15) is 24.3 Å². The van der Waals surface area contributed by atoms with Gasteiger partial charge in [0.05, 0.1) is 45.9 Å². The number of hydrogen-bond acceptors (Lipinski definition) is 10. The number of allylic oxidation sites excluding steroid dienone is 1. The van der Waals surface area contributed by atoms with Crippen LogP contribution in [0.3, 0.4) is 0 Å². The molecule has 0 bridgehead atoms. The van der Waals surface area contributed by atoms with Crippen LogP contribution in [0.15, 0.2) is 35.6 Å². The molecule has 0 fully saturated rings. The summed E-state index contributed by atoms with van der Waals surface area (Å²) in [6, 6.07) is 5.18. The number of halogens is 2. The number of aromatic nitrogens is 4. The summed E-state index contributed by atoms with van der Waals surface area (Å²) in [4.78, 5) is 20.7. The molecule has 1 atom stereocenters. The van der Waals surface area contributed by atoms with Crippen LogP contribution >= 0.6 is 23.2 Å². The van der Waals surface area contributed by atoms with E-state index < -0.39 is 6.10 Å². The van der Waals surface area contributed by atoms with E-state index in [4.69, 9.17) is 43.3 Å². The standard InChI is InChI=1S/C25H28Cl2N8O2/c1-14-22(23(30-3)19(27)9-28)33-24(34-25(14)35-11-20-21(12-35)32-7-6-31-20)17-8-16(4-5-18(17)26)37-13-15(36)10-29-2/h4-9,15,28-30,36H,10-13H2,1-3H3/b23-19+,28-9?/t15-/m1/s1. The number of nitrogens with one attached hydrogen (secondary N) is 3. The molecule has 1 aliphatic rings. The third-order valence-electron chi connectivity index (χ3n) is 5.87. The summed E-state index contributed by atoms with van der Waals surface area (Å²) in [6.07, 6.45) is 3.75. The topological polar surface area (TPSA) is 132 Å². The number of aliphatic hydroxyl groups is 1. The fourth-order valence-corrected chi connectivity index (χ4v) is 4.47. The summed E-state index contributed by atoms with van der Waals surface area (Å²) >= 11 is 13.0. The second-order valence-electron chi connectivity index (χ2n) is 8.43. The van der Waals surface area contributed by atoms with Crippen molar-refractivity contribution in [3.63, 3.8) is 0 Å². The lowest BCUT2D eigenvalue weighted by Crippen LogP contribution is -2.29. The molecule has 12 heteroatoms. The zero-order chi connectivity index (χ0) is 26.5. The van der Waals surface area contributed by atoms with E-state index in [1.54, 1.807) is 44.7 Å². The Bertz CT molecular complexity index is 1310. The Morgan fingerprint density at radius 3 is 2.54 bits per heavy atom. The van der Waals surface area contributed by atoms with Gasteiger partial charge in [0.25, 0.3) is 0 Å². The number of rotatable bonds is 10. The van der Waals surface area contributed by atoms with Gasteiger partial charge < -0.3 is 30.8 Å². The van der Waals surface area contributed by atoms with Crippen molar-refractivity contribution in [2.75, 3.05) is 32.1 Å². The van der Waals surface area contributed by atoms with Crippen molar-refractivity contribution in [2.45, 2.75) is 26.1 Å². The second-order valence-corrected chi connectivity index (χ2v) is 9.25. The van der Waals surface area contributed by atoms with Gasteiger partial charge in [-0.15, -0.1) is 0 Å². The first-order valence-corrected chi connectivity index (χ1v) is 12.4. The molecule has 0 spiro atoms. The highest BCUT2D eigenvalue weighted by Crippen LogP contribution is 2.36. The summed E-state index contributed by atoms with van der Waals surface area (Å²) in [6.45, 7) is 3.51. The Labute approximate surface area is 225 Å². The van der Waals surface area contributed by atoms with E-state index in [0.29, 0.717) is 59.0 Å². The molecule has 1 aromatic carbocycles. The first-order chi connectivity index (χ1) is 17.9. The Morgan fingerprint density at radius 1 is 1.22 bits per heavy atom. The predicted molar refractivity (Wildman–Crippen MR) is 145 cm³/mol. The average Bonchev–Trinajstić information content (AvgIpc) is 3.33. The molecule has 194 valence electrons. The number of ether oxygens (including phenoxy) is 1. The van der Waals surface area contributed by atoms with E-state index >= 15 is 0 Å². The minimum absolute atomic E-state index is 0.112. The minimum atomic E-state index is -0.663. The summed E-state index contributed by atoms with van der Waals surface area (Å²) in [5.41, 5.74) is 4.14. The molecule has 0 radical (unpaired) electrons. The fourth-order valence-electron chi connectivity index (χ4n) is 4.08. The van der Waals surface area contributed by atoms with Crippen molar-refractivity contribution in [3.8, 4) is 17.1 Å². The molecule has 4 N–H and O–H groups in total. The summed E-state index contributed by atoms with van der Waals surface area (Å²) in [5, 5.41) is 24.3. The highest BCUT2D eigenvalue weighted by atomic mass is 35.5. The molecular weight excluding hydrogens is 515 g/mol. The van der Waals surface area contributed by atoms with Gasteiger partial charge in [-0.3, -0.25) is 9.97 Å². The second kappa shape index (κ2) is 11.8. The smallest absolute Gasteiger partial charge is 0.163 e. The van der Waals surface area contributed by atoms with Crippen LogP contribution in [-0.2, 0) is 13.1 Å². The molecule has 1 aliphatic heterocycles. The molecule has 3 heterocycles. The van der Waals surface area contributed by atoms with E-state index in [1.807, 2.05) is 6.92 Å². The number of hydrogen-bond donors (Lipinski definition) is 4. The number of fused-ring (bicyclic) bond motifs is 1. The van der Waals surface area contributed by atoms with E-state index in [9.17, 15) is 5.11 Å². The van der Waals surface area contributed by atoms with Crippen LogP contribution < -0.4 is 20.3 Å². The maximum atomic E-state index is 10.0. The van der Waals surface area contributed by atoms with Gasteiger partial charge in [-0.05, 0) is 32.2 Å². The number of likely N-dealkylation sites (N-methyl/N-ethyl adjacent to an activating group) is 1. The molecule has 0 saturated carbocycles. The van der Waals surface area contributed by atoms with Gasteiger partial charge in [0.15, 0.2) is 5.82 Å². The highest BCUT2D eigenvalue weighted by Gasteiger charge is 2.27. The van der Waals surface area contributed by atoms with Crippen molar-refractivity contribution >= 4 is 40.9 Å². The first-order valence-electron chi connectivity index (χ1n) is 11.6. The normalized spacial score (nSPS) is 14.2. The Kier molecular flexibility index (Phi) is 8.55. The SMILES string of the molecule is CNC[C@@H](O)COc1ccc(Cl)c(-c2nc(/C(NC)=C(\Cl)C=N)c(C)c(N3Cc4nccnc4C3)n2)c1. The van der Waals surface area contributed by atoms with Gasteiger partial charge >= 0.3 is 0 Å². The third-order valence-corrected chi connectivity index (χ3v) is 6.50. The van der Waals surface area contributed by atoms with Crippen LogP contribution in [0.2, 0.25) is 5.02 Å². The van der Waals surface area contributed by atoms with Crippen molar-refractivity contribution in [1.29, 1.82) is 5.41 Å². The molecule has 10 nitrogen and oxygen atoms in total. The van der Waals surface area contributed by atoms with Gasteiger partial charge in [0, 0.05) is 43.3 Å². The van der Waals surface area contributed by atoms with Gasteiger partial charge in [-0.2, -0.15) is 0 Å². The van der Waals surface area contributed by atoms with Crippen molar-refractivity contribution in [2.24, 2.45) is 0 Å². The van der Waals surface area contributed by atoms with Gasteiger partial charge in [0.2, 0.25) is 0 Å². The lowest BCUT2D eigenvalue weighted by atomic mass is 10.1. The van der Waals surface area contributed by atoms with Crippen molar-refractivity contribution < 1.29 is 9.84 Å². The lowest BCUT2D eigenvalue weighted by molar-refractivity contribution is 0.108. The predicted octanol–water partition coefficient (Wildman–Crippen LogP) is 3.15. The van der Waals surface area contributed by atoms with Gasteiger partial charge in [-0.25, -0.2) is 9.97 Å². The Balaban J connectivity index is 1.81. The molecule has 2 aromatic heterocycles. The summed E-state index contributed by atoms with van der Waals surface area (Å²) in [7, 11) is 3.48. The molecule has 37 heavy (non-hydrogen) atoms. The average molecular weight is 543 g/mol. The van der Waals surface area contributed by atoms with E-state index in [2.05, 4.69) is 25.5 Å². The Hall–Kier alpha value is -3.31. The van der Waals surface area contributed by atoms with Gasteiger partial charge in [-0.1, -0.05) is 23.2 Å². The van der Waals surface area contributed by atoms with Crippen LogP contribution in [0.1, 0.15) is 22.6 Å². The summed E-state index contributed by atoms with van der Waals surface area (Å²) in [5.74, 6) is 1.56. The number of benzene rings is 1. The molecule has 0 unspecified atom stereocenters. The molecule has 0 saturated heterocycles. The molecule has 4 rings (SSSR count). The van der Waals surface area contributed by atoms with Crippen molar-refractivity contribution in [1.82, 2.24) is 30.6 Å². The van der Waals surface area contributed by atoms with Crippen LogP contribution in [0.4, 0.5) is 5.82 Å². The quantitative estimate of drug-likeness (QED) is 0.285. The van der Waals surface area contributed by atoms with Crippen molar-refractivity contribution in [3.05, 3.63) is 63.3 Å². The van der Waals surface area contributed by atoms with E-state index in [-0.39, 0.29) is 11.6 Å². The van der Waals surface area contributed by atoms with Crippen LogP contribution in [0, 0.1) is 12.3 Å². The third kappa shape index (κ3) is 5.83. The highest BCUT2D eigenvalue weighted by molar-refractivity contribution is 6.42. The number of anilines is 1.